The van der Waals surface area contributed by atoms with Crippen LogP contribution < -0.4 is 0 Å². The maximum atomic E-state index is 10.3. The molecule has 3 rings (SSSR count). The van der Waals surface area contributed by atoms with Crippen LogP contribution in [0.3, 0.4) is 0 Å². The zero-order valence-electron chi connectivity index (χ0n) is 7.92. The van der Waals surface area contributed by atoms with Crippen molar-refractivity contribution in [1.82, 2.24) is 0 Å². The molecule has 1 fully saturated rings. The summed E-state index contributed by atoms with van der Waals surface area (Å²) in [5.41, 5.74) is -0.0498. The van der Waals surface area contributed by atoms with Crippen molar-refractivity contribution in [3.63, 3.8) is 0 Å². The molecule has 0 spiro atoms. The second-order valence-electron chi connectivity index (χ2n) is 4.42. The number of hydrogen-bond donors (Lipinski definition) is 1. The van der Waals surface area contributed by atoms with E-state index in [2.05, 4.69) is 6.08 Å². The van der Waals surface area contributed by atoms with Crippen LogP contribution in [0.4, 0.5) is 0 Å². The average Bonchev–Trinajstić information content (AvgIpc) is 1.93. The molecule has 2 heterocycles. The van der Waals surface area contributed by atoms with Crippen molar-refractivity contribution in [1.29, 1.82) is 0 Å². The second kappa shape index (κ2) is 2.12. The first-order chi connectivity index (χ1) is 5.46. The van der Waals surface area contributed by atoms with Crippen molar-refractivity contribution >= 4 is 0 Å². The summed E-state index contributed by atoms with van der Waals surface area (Å²) in [6, 6.07) is 0. The Labute approximate surface area is 73.2 Å². The zero-order chi connectivity index (χ0) is 8.98. The topological polar surface area (TPSA) is 29.5 Å². The summed E-state index contributed by atoms with van der Waals surface area (Å²) >= 11 is 0. The molecule has 0 aromatic heterocycles. The van der Waals surface area contributed by atoms with Gasteiger partial charge in [0.25, 0.3) is 0 Å². The van der Waals surface area contributed by atoms with Gasteiger partial charge in [0.05, 0.1) is 11.7 Å². The van der Waals surface area contributed by atoms with Crippen molar-refractivity contribution in [2.24, 2.45) is 0 Å². The fraction of sp³-hybridized carbons (Fsp3) is 0.800. The fourth-order valence-electron chi connectivity index (χ4n) is 2.39. The minimum atomic E-state index is -0.720. The van der Waals surface area contributed by atoms with Crippen molar-refractivity contribution in [2.75, 3.05) is 0 Å². The monoisotopic (exact) mass is 168 g/mol. The number of fused-ring (bicyclic) bond motifs is 2. The van der Waals surface area contributed by atoms with Gasteiger partial charge in [0.15, 0.2) is 0 Å². The molecule has 2 bridgehead atoms. The Morgan fingerprint density at radius 3 is 2.67 bits per heavy atom. The summed E-state index contributed by atoms with van der Waals surface area (Å²) in [7, 11) is 0. The van der Waals surface area contributed by atoms with Gasteiger partial charge in [0.1, 0.15) is 5.60 Å². The normalized spacial score (nSPS) is 44.3. The summed E-state index contributed by atoms with van der Waals surface area (Å²) in [6.45, 7) is 5.93. The molecule has 1 saturated heterocycles. The Balaban J connectivity index is 2.47. The summed E-state index contributed by atoms with van der Waals surface area (Å²) in [5, 5.41) is 10.3. The lowest BCUT2D eigenvalue weighted by atomic mass is 9.70. The maximum Gasteiger partial charge on any atom is 0.114 e. The van der Waals surface area contributed by atoms with E-state index in [1.165, 1.54) is 0 Å². The van der Waals surface area contributed by atoms with E-state index in [-0.39, 0.29) is 6.10 Å². The summed E-state index contributed by atoms with van der Waals surface area (Å²) in [4.78, 5) is 0. The van der Waals surface area contributed by atoms with E-state index in [9.17, 15) is 5.11 Å². The summed E-state index contributed by atoms with van der Waals surface area (Å²) in [5.74, 6) is 0. The standard InChI is InChI=1S/C10H16O2/c1-7-6-8-4-5-10(7,11)9(2,3)12-8/h6,8,11H,4-5H2,1-3H3. The second-order valence-corrected chi connectivity index (χ2v) is 4.42. The molecular formula is C10H16O2. The average molecular weight is 168 g/mol. The van der Waals surface area contributed by atoms with Crippen LogP contribution >= 0.6 is 0 Å². The quantitative estimate of drug-likeness (QED) is 0.557. The van der Waals surface area contributed by atoms with E-state index < -0.39 is 11.2 Å². The minimum absolute atomic E-state index is 0.231. The van der Waals surface area contributed by atoms with Crippen LogP contribution in [0.25, 0.3) is 0 Å². The van der Waals surface area contributed by atoms with Gasteiger partial charge in [-0.05, 0) is 39.2 Å². The lowest BCUT2D eigenvalue weighted by Crippen LogP contribution is -2.60. The largest absolute Gasteiger partial charge is 0.383 e. The first-order valence-electron chi connectivity index (χ1n) is 4.55. The van der Waals surface area contributed by atoms with E-state index in [0.29, 0.717) is 0 Å². The third-order valence-electron chi connectivity index (χ3n) is 3.32. The zero-order valence-corrected chi connectivity index (χ0v) is 7.92. The predicted molar refractivity (Wildman–Crippen MR) is 46.9 cm³/mol. The first-order valence-corrected chi connectivity index (χ1v) is 4.55. The van der Waals surface area contributed by atoms with E-state index >= 15 is 0 Å². The van der Waals surface area contributed by atoms with Crippen LogP contribution in [0.15, 0.2) is 11.6 Å². The van der Waals surface area contributed by atoms with Crippen LogP contribution in [0.1, 0.15) is 33.6 Å². The Morgan fingerprint density at radius 2 is 2.25 bits per heavy atom. The van der Waals surface area contributed by atoms with Crippen LogP contribution in [0.2, 0.25) is 0 Å². The fourth-order valence-corrected chi connectivity index (χ4v) is 2.39. The molecule has 0 aromatic rings. The SMILES string of the molecule is CC1=CC2CCC1(O)C(C)(C)O2. The highest BCUT2D eigenvalue weighted by Gasteiger charge is 2.53. The summed E-state index contributed by atoms with van der Waals surface area (Å²) in [6.07, 6.45) is 4.08. The van der Waals surface area contributed by atoms with E-state index in [1.54, 1.807) is 0 Å². The number of hydrogen-bond acceptors (Lipinski definition) is 2. The van der Waals surface area contributed by atoms with E-state index in [4.69, 9.17) is 4.74 Å². The highest BCUT2D eigenvalue weighted by molar-refractivity contribution is 5.28. The molecule has 1 N–H and O–H groups in total. The van der Waals surface area contributed by atoms with Crippen molar-refractivity contribution in [3.05, 3.63) is 11.6 Å². The van der Waals surface area contributed by atoms with Crippen LogP contribution in [0.5, 0.6) is 0 Å². The number of aliphatic hydroxyl groups is 1. The molecule has 0 aromatic carbocycles. The Morgan fingerprint density at radius 1 is 1.58 bits per heavy atom. The van der Waals surface area contributed by atoms with Crippen LogP contribution in [-0.2, 0) is 4.74 Å². The van der Waals surface area contributed by atoms with Gasteiger partial charge in [-0.25, -0.2) is 0 Å². The van der Waals surface area contributed by atoms with Gasteiger partial charge in [-0.2, -0.15) is 0 Å². The van der Waals surface area contributed by atoms with E-state index in [0.717, 1.165) is 18.4 Å². The molecule has 2 aliphatic heterocycles. The van der Waals surface area contributed by atoms with Gasteiger partial charge in [-0.1, -0.05) is 6.08 Å². The first kappa shape index (κ1) is 8.27. The van der Waals surface area contributed by atoms with Crippen molar-refractivity contribution in [3.8, 4) is 0 Å². The number of ether oxygens (including phenoxy) is 1. The third kappa shape index (κ3) is 0.824. The molecule has 3 aliphatic rings. The summed E-state index contributed by atoms with van der Waals surface area (Å²) < 4.78 is 5.72. The highest BCUT2D eigenvalue weighted by Crippen LogP contribution is 2.46. The van der Waals surface area contributed by atoms with Gasteiger partial charge in [-0.15, -0.1) is 0 Å². The molecule has 12 heavy (non-hydrogen) atoms. The molecule has 2 nitrogen and oxygen atoms in total. The molecule has 0 saturated carbocycles. The highest BCUT2D eigenvalue weighted by atomic mass is 16.5. The minimum Gasteiger partial charge on any atom is -0.383 e. The molecule has 2 unspecified atom stereocenters. The molecule has 68 valence electrons. The maximum absolute atomic E-state index is 10.3. The van der Waals surface area contributed by atoms with Crippen LogP contribution in [-0.4, -0.2) is 22.4 Å². The molecular weight excluding hydrogens is 152 g/mol. The molecule has 0 radical (unpaired) electrons. The predicted octanol–water partition coefficient (Wildman–Crippen LogP) is 1.64. The van der Waals surface area contributed by atoms with Crippen molar-refractivity contribution < 1.29 is 9.84 Å². The smallest absolute Gasteiger partial charge is 0.114 e. The Kier molecular flexibility index (Phi) is 1.46. The van der Waals surface area contributed by atoms with Gasteiger partial charge in [0.2, 0.25) is 0 Å². The van der Waals surface area contributed by atoms with Gasteiger partial charge in [-0.3, -0.25) is 0 Å². The lowest BCUT2D eigenvalue weighted by molar-refractivity contribution is -0.210. The molecule has 1 aliphatic carbocycles. The lowest BCUT2D eigenvalue weighted by Gasteiger charge is -2.53. The van der Waals surface area contributed by atoms with E-state index in [1.807, 2.05) is 20.8 Å². The third-order valence-corrected chi connectivity index (χ3v) is 3.32. The molecule has 2 heteroatoms. The van der Waals surface area contributed by atoms with Gasteiger partial charge >= 0.3 is 0 Å². The Hall–Kier alpha value is -0.340. The van der Waals surface area contributed by atoms with Crippen LogP contribution in [0, 0.1) is 0 Å². The Bertz CT molecular complexity index is 242. The van der Waals surface area contributed by atoms with Gasteiger partial charge < -0.3 is 9.84 Å². The number of rotatable bonds is 0. The molecule has 2 atom stereocenters. The molecule has 0 amide bonds. The van der Waals surface area contributed by atoms with Crippen molar-refractivity contribution in [2.45, 2.75) is 50.9 Å². The van der Waals surface area contributed by atoms with Gasteiger partial charge in [0, 0.05) is 0 Å².